The first-order valence-corrected chi connectivity index (χ1v) is 7.39. The van der Waals surface area contributed by atoms with Crippen molar-refractivity contribution in [3.05, 3.63) is 55.3 Å². The zero-order valence-electron chi connectivity index (χ0n) is 9.75. The summed E-state index contributed by atoms with van der Waals surface area (Å²) in [5.41, 5.74) is 1.56. The summed E-state index contributed by atoms with van der Waals surface area (Å²) >= 11 is 13.2. The monoisotopic (exact) mass is 422 g/mol. The Hall–Kier alpha value is -0.990. The van der Waals surface area contributed by atoms with Gasteiger partial charge in [0.25, 0.3) is 0 Å². The second kappa shape index (κ2) is 5.09. The lowest BCUT2D eigenvalue weighted by molar-refractivity contribution is 0.621. The summed E-state index contributed by atoms with van der Waals surface area (Å²) in [7, 11) is 0. The maximum absolute atomic E-state index is 13.8. The SMILES string of the molecule is Fc1ccc(Cl)c(-n2c(=S)[nH]c3cc(I)c(F)cc32)c1. The molecule has 0 radical (unpaired) electrons. The highest BCUT2D eigenvalue weighted by Crippen LogP contribution is 2.28. The first-order valence-electron chi connectivity index (χ1n) is 5.52. The summed E-state index contributed by atoms with van der Waals surface area (Å²) in [6, 6.07) is 6.96. The molecule has 1 aromatic heterocycles. The molecule has 7 heteroatoms. The van der Waals surface area contributed by atoms with E-state index >= 15 is 0 Å². The largest absolute Gasteiger partial charge is 0.330 e. The molecule has 0 aliphatic heterocycles. The van der Waals surface area contributed by atoms with Crippen molar-refractivity contribution in [3.63, 3.8) is 0 Å². The van der Waals surface area contributed by atoms with Crippen LogP contribution in [0.1, 0.15) is 0 Å². The fourth-order valence-corrected chi connectivity index (χ4v) is 2.97. The summed E-state index contributed by atoms with van der Waals surface area (Å²) < 4.78 is 29.5. The normalized spacial score (nSPS) is 11.2. The van der Waals surface area contributed by atoms with Crippen molar-refractivity contribution in [1.29, 1.82) is 0 Å². The van der Waals surface area contributed by atoms with Crippen LogP contribution in [0.3, 0.4) is 0 Å². The van der Waals surface area contributed by atoms with E-state index in [1.807, 2.05) is 22.6 Å². The maximum atomic E-state index is 13.8. The number of benzene rings is 2. The van der Waals surface area contributed by atoms with Crippen molar-refractivity contribution in [2.75, 3.05) is 0 Å². The molecule has 0 fully saturated rings. The molecule has 0 aliphatic carbocycles. The number of hydrogen-bond donors (Lipinski definition) is 1. The zero-order chi connectivity index (χ0) is 14.4. The van der Waals surface area contributed by atoms with Crippen molar-refractivity contribution in [3.8, 4) is 5.69 Å². The number of aromatic amines is 1. The van der Waals surface area contributed by atoms with E-state index in [2.05, 4.69) is 4.98 Å². The summed E-state index contributed by atoms with van der Waals surface area (Å²) in [5, 5.41) is 0.336. The van der Waals surface area contributed by atoms with E-state index < -0.39 is 5.82 Å². The molecule has 2 aromatic carbocycles. The molecule has 102 valence electrons. The van der Waals surface area contributed by atoms with Crippen molar-refractivity contribution in [2.24, 2.45) is 0 Å². The van der Waals surface area contributed by atoms with Crippen LogP contribution in [0.2, 0.25) is 5.02 Å². The summed E-state index contributed by atoms with van der Waals surface area (Å²) in [4.78, 5) is 2.97. The highest BCUT2D eigenvalue weighted by Gasteiger charge is 2.13. The number of aromatic nitrogens is 2. The Morgan fingerprint density at radius 1 is 1.20 bits per heavy atom. The van der Waals surface area contributed by atoms with Crippen LogP contribution in [-0.4, -0.2) is 9.55 Å². The molecule has 0 spiro atoms. The molecule has 0 aliphatic rings. The van der Waals surface area contributed by atoms with Crippen LogP contribution in [0.25, 0.3) is 16.7 Å². The van der Waals surface area contributed by atoms with Gasteiger partial charge in [0.05, 0.1) is 25.3 Å². The van der Waals surface area contributed by atoms with Gasteiger partial charge in [-0.2, -0.15) is 0 Å². The highest BCUT2D eigenvalue weighted by molar-refractivity contribution is 14.1. The van der Waals surface area contributed by atoms with Crippen LogP contribution >= 0.6 is 46.4 Å². The van der Waals surface area contributed by atoms with Gasteiger partial charge in [0, 0.05) is 6.07 Å². The third-order valence-corrected chi connectivity index (χ3v) is 4.30. The van der Waals surface area contributed by atoms with Gasteiger partial charge >= 0.3 is 0 Å². The molecule has 1 N–H and O–H groups in total. The Bertz CT molecular complexity index is 888. The van der Waals surface area contributed by atoms with E-state index in [0.29, 0.717) is 30.1 Å². The topological polar surface area (TPSA) is 20.7 Å². The Kier molecular flexibility index (Phi) is 3.55. The number of halogens is 4. The van der Waals surface area contributed by atoms with Crippen molar-refractivity contribution >= 4 is 57.4 Å². The average Bonchev–Trinajstić information content (AvgIpc) is 2.69. The summed E-state index contributed by atoms with van der Waals surface area (Å²) in [6.45, 7) is 0. The van der Waals surface area contributed by atoms with Crippen molar-refractivity contribution in [2.45, 2.75) is 0 Å². The van der Waals surface area contributed by atoms with Gasteiger partial charge in [0.15, 0.2) is 4.77 Å². The first kappa shape index (κ1) is 14.0. The lowest BCUT2D eigenvalue weighted by Gasteiger charge is -2.07. The molecule has 2 nitrogen and oxygen atoms in total. The molecular formula is C13H6ClF2IN2S. The number of fused-ring (bicyclic) bond motifs is 1. The smallest absolute Gasteiger partial charge is 0.182 e. The predicted molar refractivity (Wildman–Crippen MR) is 86.1 cm³/mol. The van der Waals surface area contributed by atoms with Crippen LogP contribution < -0.4 is 0 Å². The molecule has 3 aromatic rings. The maximum Gasteiger partial charge on any atom is 0.182 e. The lowest BCUT2D eigenvalue weighted by atomic mass is 10.2. The van der Waals surface area contributed by atoms with Crippen molar-refractivity contribution < 1.29 is 8.78 Å². The molecular weight excluding hydrogens is 417 g/mol. The number of H-pyrrole nitrogens is 1. The second-order valence-corrected chi connectivity index (χ2v) is 6.10. The number of nitrogens with zero attached hydrogens (tertiary/aromatic N) is 1. The van der Waals surface area contributed by atoms with Gasteiger partial charge in [-0.15, -0.1) is 0 Å². The summed E-state index contributed by atoms with van der Waals surface area (Å²) in [5.74, 6) is -0.806. The zero-order valence-corrected chi connectivity index (χ0v) is 13.5. The number of rotatable bonds is 1. The quantitative estimate of drug-likeness (QED) is 0.421. The Balaban J connectivity index is 2.42. The molecule has 0 atom stereocenters. The van der Waals surface area contributed by atoms with Gasteiger partial charge in [-0.3, -0.25) is 4.57 Å². The van der Waals surface area contributed by atoms with Gasteiger partial charge < -0.3 is 4.98 Å². The van der Waals surface area contributed by atoms with Crippen LogP contribution in [0.15, 0.2) is 30.3 Å². The third-order valence-electron chi connectivity index (χ3n) is 2.87. The van der Waals surface area contributed by atoms with E-state index in [1.54, 1.807) is 6.07 Å². The van der Waals surface area contributed by atoms with Crippen LogP contribution in [0, 0.1) is 20.0 Å². The minimum Gasteiger partial charge on any atom is -0.330 e. The minimum atomic E-state index is -0.438. The highest BCUT2D eigenvalue weighted by atomic mass is 127. The van der Waals surface area contributed by atoms with E-state index in [4.69, 9.17) is 23.8 Å². The number of imidazole rings is 1. The van der Waals surface area contributed by atoms with E-state index in [-0.39, 0.29) is 5.82 Å². The van der Waals surface area contributed by atoms with E-state index in [9.17, 15) is 8.78 Å². The molecule has 1 heterocycles. The molecule has 3 rings (SSSR count). The molecule has 20 heavy (non-hydrogen) atoms. The van der Waals surface area contributed by atoms with Crippen LogP contribution in [-0.2, 0) is 0 Å². The van der Waals surface area contributed by atoms with Crippen LogP contribution in [0.4, 0.5) is 8.78 Å². The summed E-state index contributed by atoms with van der Waals surface area (Å²) in [6.07, 6.45) is 0. The second-order valence-electron chi connectivity index (χ2n) is 4.14. The molecule has 0 amide bonds. The minimum absolute atomic E-state index is 0.328. The van der Waals surface area contributed by atoms with Gasteiger partial charge in [0.2, 0.25) is 0 Å². The molecule has 0 saturated heterocycles. The molecule has 0 bridgehead atoms. The van der Waals surface area contributed by atoms with E-state index in [0.717, 1.165) is 0 Å². The number of nitrogens with one attached hydrogen (secondary N) is 1. The molecule has 0 saturated carbocycles. The first-order chi connectivity index (χ1) is 9.47. The Labute approximate surface area is 136 Å². The van der Waals surface area contributed by atoms with Gasteiger partial charge in [0.1, 0.15) is 11.6 Å². The predicted octanol–water partition coefficient (Wildman–Crippen LogP) is 5.22. The Morgan fingerprint density at radius 3 is 2.70 bits per heavy atom. The fourth-order valence-electron chi connectivity index (χ4n) is 2.00. The standard InChI is InChI=1S/C13H6ClF2IN2S/c14-7-2-1-6(15)3-11(7)19-12-4-8(16)9(17)5-10(12)18-13(19)20/h1-5H,(H,18,20). The van der Waals surface area contributed by atoms with Crippen molar-refractivity contribution in [1.82, 2.24) is 9.55 Å². The fraction of sp³-hybridized carbons (Fsp3) is 0. The van der Waals surface area contributed by atoms with Gasteiger partial charge in [-0.05, 0) is 59.1 Å². The van der Waals surface area contributed by atoms with Gasteiger partial charge in [-0.1, -0.05) is 11.6 Å². The average molecular weight is 423 g/mol. The Morgan fingerprint density at radius 2 is 1.95 bits per heavy atom. The van der Waals surface area contributed by atoms with Gasteiger partial charge in [-0.25, -0.2) is 8.78 Å². The third kappa shape index (κ3) is 2.25. The lowest BCUT2D eigenvalue weighted by Crippen LogP contribution is -1.96. The molecule has 0 unspecified atom stereocenters. The van der Waals surface area contributed by atoms with E-state index in [1.165, 1.54) is 28.8 Å². The number of hydrogen-bond acceptors (Lipinski definition) is 1. The van der Waals surface area contributed by atoms with Crippen LogP contribution in [0.5, 0.6) is 0 Å².